The molecule has 1 atom stereocenters. The van der Waals surface area contributed by atoms with Crippen LogP contribution >= 0.6 is 0 Å². The van der Waals surface area contributed by atoms with Gasteiger partial charge in [-0.3, -0.25) is 4.79 Å². The van der Waals surface area contributed by atoms with Crippen LogP contribution in [-0.4, -0.2) is 12.9 Å². The Balaban J connectivity index is 2.06. The second kappa shape index (κ2) is 5.72. The van der Waals surface area contributed by atoms with Gasteiger partial charge in [0.25, 0.3) is 0 Å². The molecule has 1 aromatic rings. The number of Topliss-reactive ketones (excluding diaryl/α,β-unsaturated/α-hetero) is 1. The number of carbonyl (C=O) groups excluding carboxylic acids is 1. The van der Waals surface area contributed by atoms with Crippen LogP contribution in [0.4, 0.5) is 0 Å². The number of rotatable bonds is 2. The first-order chi connectivity index (χ1) is 11.4. The monoisotopic (exact) mass is 324 g/mol. The van der Waals surface area contributed by atoms with Crippen molar-refractivity contribution in [2.45, 2.75) is 32.8 Å². The van der Waals surface area contributed by atoms with Gasteiger partial charge in [-0.05, 0) is 23.1 Å². The fraction of sp³-hybridized carbons (Fsp3) is 0.368. The van der Waals surface area contributed by atoms with Crippen LogP contribution in [0.1, 0.15) is 38.4 Å². The van der Waals surface area contributed by atoms with E-state index in [2.05, 4.69) is 6.07 Å². The van der Waals surface area contributed by atoms with E-state index in [9.17, 15) is 10.1 Å². The molecular weight excluding hydrogens is 304 g/mol. The van der Waals surface area contributed by atoms with E-state index in [4.69, 9.17) is 15.2 Å². The Kier molecular flexibility index (Phi) is 3.84. The molecule has 0 amide bonds. The number of nitrogens with two attached hydrogens (primary N) is 1. The first kappa shape index (κ1) is 16.1. The minimum absolute atomic E-state index is 0.0559. The number of methoxy groups -OCH3 is 1. The summed E-state index contributed by atoms with van der Waals surface area (Å²) in [5, 5.41) is 9.55. The molecule has 5 heteroatoms. The average molecular weight is 324 g/mol. The zero-order chi connectivity index (χ0) is 17.5. The van der Waals surface area contributed by atoms with Crippen LogP contribution in [0.3, 0.4) is 0 Å². The van der Waals surface area contributed by atoms with Gasteiger partial charge in [-0.1, -0.05) is 26.0 Å². The van der Waals surface area contributed by atoms with E-state index in [-0.39, 0.29) is 22.5 Å². The number of hydrogen-bond acceptors (Lipinski definition) is 5. The van der Waals surface area contributed by atoms with Crippen LogP contribution in [0.25, 0.3) is 0 Å². The summed E-state index contributed by atoms with van der Waals surface area (Å²) in [6, 6.07) is 9.42. The van der Waals surface area contributed by atoms with Gasteiger partial charge in [0.15, 0.2) is 11.9 Å². The third-order valence-corrected chi connectivity index (χ3v) is 4.46. The topological polar surface area (TPSA) is 85.3 Å². The highest BCUT2D eigenvalue weighted by Gasteiger charge is 2.41. The minimum Gasteiger partial charge on any atom is -0.497 e. The molecule has 0 saturated heterocycles. The van der Waals surface area contributed by atoms with Crippen molar-refractivity contribution in [3.05, 3.63) is 52.4 Å². The maximum atomic E-state index is 12.5. The summed E-state index contributed by atoms with van der Waals surface area (Å²) >= 11 is 0. The number of ketones is 1. The Hall–Kier alpha value is -2.74. The zero-order valence-corrected chi connectivity index (χ0v) is 14.1. The molecule has 0 spiro atoms. The fourth-order valence-electron chi connectivity index (χ4n) is 3.27. The summed E-state index contributed by atoms with van der Waals surface area (Å²) in [5.41, 5.74) is 7.73. The van der Waals surface area contributed by atoms with Crippen LogP contribution < -0.4 is 10.5 Å². The Bertz CT molecular complexity index is 795. The molecule has 1 heterocycles. The van der Waals surface area contributed by atoms with E-state index in [1.54, 1.807) is 7.11 Å². The lowest BCUT2D eigenvalue weighted by Gasteiger charge is -2.37. The van der Waals surface area contributed by atoms with Gasteiger partial charge in [0, 0.05) is 12.8 Å². The molecule has 0 saturated carbocycles. The Morgan fingerprint density at radius 2 is 1.96 bits per heavy atom. The lowest BCUT2D eigenvalue weighted by atomic mass is 9.74. The maximum absolute atomic E-state index is 12.5. The summed E-state index contributed by atoms with van der Waals surface area (Å²) in [7, 11) is 1.59. The number of ether oxygens (including phenoxy) is 2. The predicted octanol–water partition coefficient (Wildman–Crippen LogP) is 3.15. The van der Waals surface area contributed by atoms with Gasteiger partial charge in [0.1, 0.15) is 17.6 Å². The highest BCUT2D eigenvalue weighted by molar-refractivity contribution is 6.01. The van der Waals surface area contributed by atoms with Gasteiger partial charge in [-0.15, -0.1) is 0 Å². The zero-order valence-electron chi connectivity index (χ0n) is 14.1. The first-order valence-corrected chi connectivity index (χ1v) is 7.83. The van der Waals surface area contributed by atoms with Crippen LogP contribution in [0.5, 0.6) is 5.75 Å². The molecule has 24 heavy (non-hydrogen) atoms. The maximum Gasteiger partial charge on any atom is 0.168 e. The molecule has 1 unspecified atom stereocenters. The Morgan fingerprint density at radius 1 is 1.29 bits per heavy atom. The van der Waals surface area contributed by atoms with Gasteiger partial charge in [0.2, 0.25) is 0 Å². The highest BCUT2D eigenvalue weighted by Crippen LogP contribution is 2.45. The molecule has 1 aromatic carbocycles. The molecule has 0 fully saturated rings. The van der Waals surface area contributed by atoms with Crippen molar-refractivity contribution in [2.24, 2.45) is 11.1 Å². The van der Waals surface area contributed by atoms with Crippen LogP contribution in [0.2, 0.25) is 0 Å². The summed E-state index contributed by atoms with van der Waals surface area (Å²) in [6.45, 7) is 4.06. The van der Waals surface area contributed by atoms with E-state index in [0.29, 0.717) is 24.2 Å². The van der Waals surface area contributed by atoms with Gasteiger partial charge in [-0.2, -0.15) is 5.26 Å². The van der Waals surface area contributed by atoms with E-state index < -0.39 is 6.10 Å². The molecular formula is C19H20N2O3. The second-order valence-corrected chi connectivity index (χ2v) is 6.95. The van der Waals surface area contributed by atoms with Crippen molar-refractivity contribution in [3.63, 3.8) is 0 Å². The Morgan fingerprint density at radius 3 is 2.54 bits per heavy atom. The van der Waals surface area contributed by atoms with E-state index in [1.165, 1.54) is 0 Å². The van der Waals surface area contributed by atoms with Crippen molar-refractivity contribution in [2.75, 3.05) is 7.11 Å². The minimum atomic E-state index is -0.596. The molecule has 0 radical (unpaired) electrons. The smallest absolute Gasteiger partial charge is 0.168 e. The predicted molar refractivity (Wildman–Crippen MR) is 88.7 cm³/mol. The first-order valence-electron chi connectivity index (χ1n) is 7.83. The van der Waals surface area contributed by atoms with Crippen molar-refractivity contribution < 1.29 is 14.3 Å². The number of hydrogen-bond donors (Lipinski definition) is 1. The van der Waals surface area contributed by atoms with Crippen molar-refractivity contribution in [1.29, 1.82) is 5.26 Å². The average Bonchev–Trinajstić information content (AvgIpc) is 2.53. The van der Waals surface area contributed by atoms with Crippen LogP contribution in [0, 0.1) is 16.7 Å². The van der Waals surface area contributed by atoms with E-state index >= 15 is 0 Å². The third-order valence-electron chi connectivity index (χ3n) is 4.46. The molecule has 5 nitrogen and oxygen atoms in total. The standard InChI is InChI=1S/C19H20N2O3/c1-19(2)8-14(22)16-15(9-19)24-18(13(10-20)17(16)21)11-4-6-12(23-3)7-5-11/h4-7,18H,8-9,21H2,1-3H3. The van der Waals surface area contributed by atoms with Gasteiger partial charge in [-0.25, -0.2) is 0 Å². The van der Waals surface area contributed by atoms with Crippen molar-refractivity contribution in [3.8, 4) is 11.8 Å². The van der Waals surface area contributed by atoms with Gasteiger partial charge >= 0.3 is 0 Å². The molecule has 2 N–H and O–H groups in total. The second-order valence-electron chi connectivity index (χ2n) is 6.95. The Labute approximate surface area is 141 Å². The van der Waals surface area contributed by atoms with Crippen molar-refractivity contribution >= 4 is 5.78 Å². The van der Waals surface area contributed by atoms with Crippen LogP contribution in [0.15, 0.2) is 46.9 Å². The lowest BCUT2D eigenvalue weighted by Crippen LogP contribution is -2.33. The van der Waals surface area contributed by atoms with E-state index in [1.807, 2.05) is 38.1 Å². The number of nitriles is 1. The molecule has 124 valence electrons. The quantitative estimate of drug-likeness (QED) is 0.903. The summed E-state index contributed by atoms with van der Waals surface area (Å²) in [4.78, 5) is 12.5. The molecule has 1 aliphatic heterocycles. The van der Waals surface area contributed by atoms with Crippen molar-refractivity contribution in [1.82, 2.24) is 0 Å². The van der Waals surface area contributed by atoms with E-state index in [0.717, 1.165) is 11.3 Å². The number of allylic oxidation sites excluding steroid dienone is 2. The van der Waals surface area contributed by atoms with Gasteiger partial charge in [0.05, 0.1) is 24.0 Å². The fourth-order valence-corrected chi connectivity index (χ4v) is 3.27. The number of benzene rings is 1. The molecule has 2 aliphatic rings. The molecule has 0 aromatic heterocycles. The van der Waals surface area contributed by atoms with Gasteiger partial charge < -0.3 is 15.2 Å². The largest absolute Gasteiger partial charge is 0.497 e. The SMILES string of the molecule is COc1ccc(C2OC3=C(C(=O)CC(C)(C)C3)C(N)=C2C#N)cc1. The molecule has 1 aliphatic carbocycles. The summed E-state index contributed by atoms with van der Waals surface area (Å²) in [5.74, 6) is 1.26. The summed E-state index contributed by atoms with van der Waals surface area (Å²) < 4.78 is 11.2. The number of nitrogens with zero attached hydrogens (tertiary/aromatic N) is 1. The molecule has 3 rings (SSSR count). The molecule has 0 bridgehead atoms. The third kappa shape index (κ3) is 2.65. The number of carbonyl (C=O) groups is 1. The lowest BCUT2D eigenvalue weighted by molar-refractivity contribution is -0.118. The highest BCUT2D eigenvalue weighted by atomic mass is 16.5. The van der Waals surface area contributed by atoms with Crippen LogP contribution in [-0.2, 0) is 9.53 Å². The normalized spacial score (nSPS) is 22.6. The summed E-state index contributed by atoms with van der Waals surface area (Å²) in [6.07, 6.45) is 0.434.